The van der Waals surface area contributed by atoms with Gasteiger partial charge in [-0.1, -0.05) is 109 Å². The number of esters is 1. The molecular formula is C48H36N2O3. The van der Waals surface area contributed by atoms with Crippen molar-refractivity contribution in [2.75, 3.05) is 9.80 Å². The van der Waals surface area contributed by atoms with Crippen LogP contribution in [-0.2, 0) is 10.3 Å². The molecule has 256 valence electrons. The number of ether oxygens (including phenoxy) is 2. The number of anilines is 5. The Kier molecular flexibility index (Phi) is 7.94. The second kappa shape index (κ2) is 13.1. The van der Waals surface area contributed by atoms with E-state index in [0.29, 0.717) is 17.7 Å². The molecule has 0 aromatic heterocycles. The van der Waals surface area contributed by atoms with E-state index >= 15 is 0 Å². The van der Waals surface area contributed by atoms with Crippen molar-refractivity contribution in [3.05, 3.63) is 203 Å². The second-order valence-corrected chi connectivity index (χ2v) is 13.5. The van der Waals surface area contributed by atoms with E-state index in [2.05, 4.69) is 133 Å². The Bertz CT molecular complexity index is 2510. The number of hydrogen-bond donors (Lipinski definition) is 0. The molecule has 0 N–H and O–H groups in total. The van der Waals surface area contributed by atoms with Crippen molar-refractivity contribution in [3.63, 3.8) is 0 Å². The van der Waals surface area contributed by atoms with Crippen LogP contribution in [0.15, 0.2) is 175 Å². The van der Waals surface area contributed by atoms with E-state index in [4.69, 9.17) is 9.47 Å². The maximum absolute atomic E-state index is 13.8. The van der Waals surface area contributed by atoms with E-state index in [1.165, 1.54) is 0 Å². The van der Waals surface area contributed by atoms with Crippen LogP contribution in [0.5, 0.6) is 5.75 Å². The van der Waals surface area contributed by atoms with Gasteiger partial charge in [-0.2, -0.15) is 0 Å². The van der Waals surface area contributed by atoms with E-state index in [9.17, 15) is 4.79 Å². The number of carbonyl (C=O) groups excluding carboxylic acids is 1. The fourth-order valence-electron chi connectivity index (χ4n) is 7.82. The van der Waals surface area contributed by atoms with Gasteiger partial charge >= 0.3 is 5.97 Å². The fourth-order valence-corrected chi connectivity index (χ4v) is 7.82. The lowest BCUT2D eigenvalue weighted by Crippen LogP contribution is -2.42. The van der Waals surface area contributed by atoms with Crippen LogP contribution in [0.3, 0.4) is 0 Å². The molecule has 53 heavy (non-hydrogen) atoms. The van der Waals surface area contributed by atoms with Crippen LogP contribution < -0.4 is 14.5 Å². The molecule has 0 bridgehead atoms. The first-order valence-electron chi connectivity index (χ1n) is 17.9. The highest BCUT2D eigenvalue weighted by Crippen LogP contribution is 2.55. The van der Waals surface area contributed by atoms with Gasteiger partial charge in [0.15, 0.2) is 11.7 Å². The number of nitrogens with zero attached hydrogens (tertiary/aromatic N) is 2. The fraction of sp³-hybridized carbons (Fsp3) is 0.104. The third kappa shape index (κ3) is 5.39. The summed E-state index contributed by atoms with van der Waals surface area (Å²) >= 11 is 0. The van der Waals surface area contributed by atoms with Gasteiger partial charge in [0.1, 0.15) is 5.75 Å². The lowest BCUT2D eigenvalue weighted by Gasteiger charge is -2.41. The SMILES string of the molecule is Cc1ccccc1N(/C1=C/C=C2\C(C#CC1)Oc1cc(N(c3ccccc3)c3ccccc3C)ccc1C21OC(=O)c2ccccc21)c1ccccc1. The Hall–Kier alpha value is -6.77. The minimum atomic E-state index is -1.24. The minimum absolute atomic E-state index is 0.368. The Morgan fingerprint density at radius 3 is 1.92 bits per heavy atom. The normalized spacial score (nSPS) is 20.0. The topological polar surface area (TPSA) is 42.0 Å². The summed E-state index contributed by atoms with van der Waals surface area (Å²) in [6.07, 6.45) is 4.00. The third-order valence-corrected chi connectivity index (χ3v) is 10.3. The van der Waals surface area contributed by atoms with Crippen molar-refractivity contribution in [3.8, 4) is 17.6 Å². The van der Waals surface area contributed by atoms with Gasteiger partial charge in [-0.15, -0.1) is 0 Å². The van der Waals surface area contributed by atoms with E-state index in [0.717, 1.165) is 62.0 Å². The summed E-state index contributed by atoms with van der Waals surface area (Å²) in [7, 11) is 0. The average molecular weight is 689 g/mol. The van der Waals surface area contributed by atoms with Crippen molar-refractivity contribution < 1.29 is 14.3 Å². The highest BCUT2D eigenvalue weighted by atomic mass is 16.6. The number of allylic oxidation sites excluding steroid dienone is 3. The molecule has 0 fully saturated rings. The van der Waals surface area contributed by atoms with Crippen LogP contribution in [0.2, 0.25) is 0 Å². The van der Waals surface area contributed by atoms with Crippen LogP contribution in [0.1, 0.15) is 39.0 Å². The Morgan fingerprint density at radius 2 is 1.23 bits per heavy atom. The van der Waals surface area contributed by atoms with Gasteiger partial charge in [-0.05, 0) is 85.6 Å². The van der Waals surface area contributed by atoms with Crippen LogP contribution in [-0.4, -0.2) is 12.1 Å². The highest BCUT2D eigenvalue weighted by Gasteiger charge is 2.56. The van der Waals surface area contributed by atoms with Gasteiger partial charge in [0.2, 0.25) is 0 Å². The molecule has 5 nitrogen and oxygen atoms in total. The van der Waals surface area contributed by atoms with E-state index in [1.807, 2.05) is 66.7 Å². The molecule has 0 radical (unpaired) electrons. The molecular weight excluding hydrogens is 653 g/mol. The number of hydrogen-bond acceptors (Lipinski definition) is 5. The van der Waals surface area contributed by atoms with Crippen LogP contribution in [0, 0.1) is 25.7 Å². The van der Waals surface area contributed by atoms with Crippen molar-refractivity contribution in [2.45, 2.75) is 32.0 Å². The Morgan fingerprint density at radius 1 is 0.623 bits per heavy atom. The molecule has 2 aliphatic heterocycles. The Balaban J connectivity index is 1.24. The predicted molar refractivity (Wildman–Crippen MR) is 211 cm³/mol. The molecule has 2 heterocycles. The van der Waals surface area contributed by atoms with Crippen LogP contribution in [0.25, 0.3) is 0 Å². The van der Waals surface area contributed by atoms with Crippen molar-refractivity contribution >= 4 is 34.4 Å². The first-order valence-corrected chi connectivity index (χ1v) is 17.9. The maximum atomic E-state index is 13.8. The lowest BCUT2D eigenvalue weighted by atomic mass is 9.75. The first-order chi connectivity index (χ1) is 26.0. The highest BCUT2D eigenvalue weighted by molar-refractivity contribution is 5.97. The summed E-state index contributed by atoms with van der Waals surface area (Å²) in [5.41, 5.74) is 9.99. The first kappa shape index (κ1) is 32.2. The maximum Gasteiger partial charge on any atom is 0.340 e. The van der Waals surface area contributed by atoms with Gasteiger partial charge in [-0.3, -0.25) is 0 Å². The van der Waals surface area contributed by atoms with Gasteiger partial charge in [0.25, 0.3) is 0 Å². The van der Waals surface area contributed by atoms with E-state index in [1.54, 1.807) is 0 Å². The summed E-state index contributed by atoms with van der Waals surface area (Å²) in [6.45, 7) is 4.24. The van der Waals surface area contributed by atoms with Gasteiger partial charge in [-0.25, -0.2) is 4.79 Å². The average Bonchev–Trinajstić information content (AvgIpc) is 3.47. The monoisotopic (exact) mass is 688 g/mol. The van der Waals surface area contributed by atoms with Gasteiger partial charge < -0.3 is 19.3 Å². The largest absolute Gasteiger partial charge is 0.473 e. The minimum Gasteiger partial charge on any atom is -0.473 e. The number of fused-ring (bicyclic) bond motifs is 6. The molecule has 1 spiro atoms. The predicted octanol–water partition coefficient (Wildman–Crippen LogP) is 11.0. The summed E-state index contributed by atoms with van der Waals surface area (Å²) in [4.78, 5) is 18.3. The third-order valence-electron chi connectivity index (χ3n) is 10.3. The van der Waals surface area contributed by atoms with Crippen molar-refractivity contribution in [1.82, 2.24) is 0 Å². The summed E-state index contributed by atoms with van der Waals surface area (Å²) < 4.78 is 13.5. The standard InChI is InChI=1S/C48H36N2O3/c1-33-16-9-13-25-43(33)49(35-18-5-3-6-19-35)37-22-15-27-45-41(30-28-37)48(40-24-12-11-23-39(40)47(51)53-48)42-31-29-38(32-46(42)52-45)50(36-20-7-4-8-21-36)44-26-14-10-17-34(44)2/h3-14,16-21,23-26,28-32,45H,22H2,1-2H3/b37-28+,41-30+. The second-order valence-electron chi connectivity index (χ2n) is 13.5. The molecule has 5 heteroatoms. The lowest BCUT2D eigenvalue weighted by molar-refractivity contribution is 0.0132. The number of para-hydroxylation sites is 4. The van der Waals surface area contributed by atoms with Gasteiger partial charge in [0.05, 0.1) is 5.56 Å². The molecule has 2 unspecified atom stereocenters. The zero-order valence-corrected chi connectivity index (χ0v) is 29.5. The molecule has 0 saturated carbocycles. The summed E-state index contributed by atoms with van der Waals surface area (Å²) in [5, 5.41) is 0. The summed E-state index contributed by atoms with van der Waals surface area (Å²) in [5.74, 6) is 7.19. The number of benzene rings is 6. The quantitative estimate of drug-likeness (QED) is 0.129. The van der Waals surface area contributed by atoms with E-state index < -0.39 is 11.7 Å². The molecule has 6 aromatic rings. The molecule has 9 rings (SSSR count). The zero-order chi connectivity index (χ0) is 35.9. The Labute approximate surface area is 310 Å². The number of aryl methyl sites for hydroxylation is 2. The van der Waals surface area contributed by atoms with Gasteiger partial charge in [0, 0.05) is 63.3 Å². The summed E-state index contributed by atoms with van der Waals surface area (Å²) in [6, 6.07) is 51.2. The molecule has 0 saturated heterocycles. The molecule has 1 aliphatic carbocycles. The van der Waals surface area contributed by atoms with Crippen molar-refractivity contribution in [1.29, 1.82) is 0 Å². The molecule has 0 amide bonds. The van der Waals surface area contributed by atoms with Crippen molar-refractivity contribution in [2.24, 2.45) is 0 Å². The molecule has 2 atom stereocenters. The molecule has 6 aromatic carbocycles. The number of carbonyl (C=O) groups is 1. The van der Waals surface area contributed by atoms with E-state index in [-0.39, 0.29) is 5.97 Å². The smallest absolute Gasteiger partial charge is 0.340 e. The zero-order valence-electron chi connectivity index (χ0n) is 29.5. The van der Waals surface area contributed by atoms with Crippen LogP contribution >= 0.6 is 0 Å². The van der Waals surface area contributed by atoms with Crippen LogP contribution in [0.4, 0.5) is 28.4 Å². The molecule has 3 aliphatic rings. The number of rotatable bonds is 6.